The molecule has 4 heteroatoms. The topological polar surface area (TPSA) is 59.6 Å². The van der Waals surface area contributed by atoms with Gasteiger partial charge in [-0.05, 0) is 32.6 Å². The van der Waals surface area contributed by atoms with Crippen molar-refractivity contribution in [2.24, 2.45) is 22.1 Å². The zero-order chi connectivity index (χ0) is 13.5. The summed E-state index contributed by atoms with van der Waals surface area (Å²) < 4.78 is 5.97. The number of hydrogen-bond donors (Lipinski definition) is 2. The highest BCUT2D eigenvalue weighted by atomic mass is 16.5. The third-order valence-corrected chi connectivity index (χ3v) is 5.52. The lowest BCUT2D eigenvalue weighted by Crippen LogP contribution is -2.61. The van der Waals surface area contributed by atoms with Gasteiger partial charge in [0.25, 0.3) is 0 Å². The first kappa shape index (κ1) is 13.2. The molecule has 0 aromatic rings. The van der Waals surface area contributed by atoms with Gasteiger partial charge in [0, 0.05) is 24.0 Å². The summed E-state index contributed by atoms with van der Waals surface area (Å²) in [4.78, 5) is 4.85. The van der Waals surface area contributed by atoms with Gasteiger partial charge in [-0.25, -0.2) is 4.99 Å². The largest absolute Gasteiger partial charge is 0.377 e. The number of nitrogens with two attached hydrogens (primary N) is 1. The number of aliphatic imine (C=N–C) groups is 1. The first-order valence-electron chi connectivity index (χ1n) is 7.89. The second kappa shape index (κ2) is 4.97. The maximum absolute atomic E-state index is 6.09. The predicted octanol–water partition coefficient (Wildman–Crippen LogP) is 2.04. The molecule has 2 saturated carbocycles. The van der Waals surface area contributed by atoms with Crippen LogP contribution in [0.2, 0.25) is 0 Å². The van der Waals surface area contributed by atoms with Crippen LogP contribution in [0, 0.1) is 11.3 Å². The Labute approximate surface area is 116 Å². The van der Waals surface area contributed by atoms with Gasteiger partial charge in [0.15, 0.2) is 5.96 Å². The molecule has 3 fully saturated rings. The number of hydrogen-bond acceptors (Lipinski definition) is 2. The first-order chi connectivity index (χ1) is 9.17. The Morgan fingerprint density at radius 2 is 2.21 bits per heavy atom. The number of nitrogens with one attached hydrogen (secondary N) is 1. The van der Waals surface area contributed by atoms with Crippen molar-refractivity contribution >= 4 is 5.96 Å². The highest BCUT2D eigenvalue weighted by Crippen LogP contribution is 2.61. The molecule has 4 unspecified atom stereocenters. The molecule has 0 bridgehead atoms. The third-order valence-electron chi connectivity index (χ3n) is 5.52. The Bertz CT molecular complexity index is 362. The predicted molar refractivity (Wildman–Crippen MR) is 77.0 cm³/mol. The summed E-state index contributed by atoms with van der Waals surface area (Å²) in [7, 11) is 0. The van der Waals surface area contributed by atoms with Crippen LogP contribution in [0.25, 0.3) is 0 Å². The normalized spacial score (nSPS) is 38.0. The highest BCUT2D eigenvalue weighted by Gasteiger charge is 2.65. The van der Waals surface area contributed by atoms with E-state index in [0.29, 0.717) is 35.5 Å². The number of rotatable bonds is 3. The molecule has 2 aliphatic carbocycles. The van der Waals surface area contributed by atoms with Gasteiger partial charge in [0.2, 0.25) is 0 Å². The van der Waals surface area contributed by atoms with Gasteiger partial charge in [0.1, 0.15) is 0 Å². The number of ether oxygens (including phenoxy) is 1. The fourth-order valence-corrected chi connectivity index (χ4v) is 4.38. The van der Waals surface area contributed by atoms with Crippen molar-refractivity contribution in [3.05, 3.63) is 0 Å². The standard InChI is InChI=1S/C15H27N3O/c1-3-10(2)17-14(16)18-12-11-6-9-19-13(11)15(12)7-4-5-8-15/h10-13H,3-9H2,1-2H3,(H3,16,17,18). The highest BCUT2D eigenvalue weighted by molar-refractivity contribution is 5.78. The van der Waals surface area contributed by atoms with Gasteiger partial charge in [0.05, 0.1) is 12.1 Å². The van der Waals surface area contributed by atoms with Crippen molar-refractivity contribution < 1.29 is 4.74 Å². The summed E-state index contributed by atoms with van der Waals surface area (Å²) in [5, 5.41) is 3.30. The summed E-state index contributed by atoms with van der Waals surface area (Å²) in [6.45, 7) is 5.23. The van der Waals surface area contributed by atoms with Crippen molar-refractivity contribution in [2.75, 3.05) is 6.61 Å². The van der Waals surface area contributed by atoms with Crippen LogP contribution in [0.5, 0.6) is 0 Å². The third kappa shape index (κ3) is 2.04. The molecular formula is C15H27N3O. The van der Waals surface area contributed by atoms with E-state index in [9.17, 15) is 0 Å². The molecule has 4 atom stereocenters. The molecule has 1 spiro atoms. The summed E-state index contributed by atoms with van der Waals surface area (Å²) >= 11 is 0. The summed E-state index contributed by atoms with van der Waals surface area (Å²) in [5.74, 6) is 1.26. The monoisotopic (exact) mass is 265 g/mol. The van der Waals surface area contributed by atoms with E-state index >= 15 is 0 Å². The lowest BCUT2D eigenvalue weighted by Gasteiger charge is -2.54. The minimum atomic E-state index is 0.322. The van der Waals surface area contributed by atoms with Crippen LogP contribution in [-0.4, -0.2) is 30.8 Å². The maximum atomic E-state index is 6.09. The average Bonchev–Trinajstić information content (AvgIpc) is 3.03. The zero-order valence-electron chi connectivity index (χ0n) is 12.2. The molecule has 19 heavy (non-hydrogen) atoms. The van der Waals surface area contributed by atoms with Crippen molar-refractivity contribution in [3.8, 4) is 0 Å². The first-order valence-corrected chi connectivity index (χ1v) is 7.89. The Hall–Kier alpha value is -0.770. The molecule has 0 aromatic heterocycles. The molecule has 108 valence electrons. The van der Waals surface area contributed by atoms with E-state index < -0.39 is 0 Å². The molecule has 0 aromatic carbocycles. The van der Waals surface area contributed by atoms with E-state index in [1.807, 2.05) is 0 Å². The summed E-state index contributed by atoms with van der Waals surface area (Å²) in [6, 6.07) is 0.804. The maximum Gasteiger partial charge on any atom is 0.189 e. The van der Waals surface area contributed by atoms with Crippen LogP contribution in [0.1, 0.15) is 52.4 Å². The van der Waals surface area contributed by atoms with E-state index in [1.165, 1.54) is 25.7 Å². The molecule has 3 aliphatic rings. The summed E-state index contributed by atoms with van der Waals surface area (Å²) in [6.07, 6.45) is 7.92. The number of nitrogens with zero attached hydrogens (tertiary/aromatic N) is 1. The Morgan fingerprint density at radius 1 is 1.47 bits per heavy atom. The second-order valence-electron chi connectivity index (χ2n) is 6.60. The molecule has 1 heterocycles. The minimum absolute atomic E-state index is 0.322. The Morgan fingerprint density at radius 3 is 2.89 bits per heavy atom. The quantitative estimate of drug-likeness (QED) is 0.606. The molecular weight excluding hydrogens is 238 g/mol. The van der Waals surface area contributed by atoms with Crippen LogP contribution in [0.15, 0.2) is 4.99 Å². The van der Waals surface area contributed by atoms with Gasteiger partial charge < -0.3 is 15.8 Å². The lowest BCUT2D eigenvalue weighted by atomic mass is 9.54. The van der Waals surface area contributed by atoms with E-state index in [4.69, 9.17) is 15.5 Å². The van der Waals surface area contributed by atoms with E-state index in [2.05, 4.69) is 19.2 Å². The second-order valence-corrected chi connectivity index (χ2v) is 6.60. The van der Waals surface area contributed by atoms with Crippen LogP contribution in [-0.2, 0) is 4.74 Å². The molecule has 1 aliphatic heterocycles. The zero-order valence-corrected chi connectivity index (χ0v) is 12.2. The van der Waals surface area contributed by atoms with E-state index in [0.717, 1.165) is 19.4 Å². The summed E-state index contributed by atoms with van der Waals surface area (Å²) in [5.41, 5.74) is 6.41. The molecule has 4 nitrogen and oxygen atoms in total. The van der Waals surface area contributed by atoms with Crippen molar-refractivity contribution in [1.29, 1.82) is 0 Å². The van der Waals surface area contributed by atoms with Crippen LogP contribution in [0.3, 0.4) is 0 Å². The van der Waals surface area contributed by atoms with Crippen molar-refractivity contribution in [2.45, 2.75) is 70.6 Å². The minimum Gasteiger partial charge on any atom is -0.377 e. The number of guanidine groups is 1. The van der Waals surface area contributed by atoms with E-state index in [-0.39, 0.29) is 0 Å². The van der Waals surface area contributed by atoms with Crippen LogP contribution < -0.4 is 11.1 Å². The Kier molecular flexibility index (Phi) is 3.46. The van der Waals surface area contributed by atoms with Crippen molar-refractivity contribution in [3.63, 3.8) is 0 Å². The number of fused-ring (bicyclic) bond motifs is 2. The molecule has 0 amide bonds. The lowest BCUT2D eigenvalue weighted by molar-refractivity contribution is -0.117. The van der Waals surface area contributed by atoms with Crippen LogP contribution >= 0.6 is 0 Å². The fraction of sp³-hybridized carbons (Fsp3) is 0.933. The van der Waals surface area contributed by atoms with Gasteiger partial charge >= 0.3 is 0 Å². The van der Waals surface area contributed by atoms with Gasteiger partial charge in [-0.2, -0.15) is 0 Å². The smallest absolute Gasteiger partial charge is 0.189 e. The SMILES string of the molecule is CCC(C)NC(N)=NC1C2CCOC2C12CCCC2. The molecule has 1 saturated heterocycles. The van der Waals surface area contributed by atoms with Gasteiger partial charge in [-0.1, -0.05) is 19.8 Å². The van der Waals surface area contributed by atoms with E-state index in [1.54, 1.807) is 0 Å². The molecule has 0 radical (unpaired) electrons. The van der Waals surface area contributed by atoms with Gasteiger partial charge in [-0.3, -0.25) is 0 Å². The molecule has 3 rings (SSSR count). The van der Waals surface area contributed by atoms with Gasteiger partial charge in [-0.15, -0.1) is 0 Å². The fourth-order valence-electron chi connectivity index (χ4n) is 4.38. The van der Waals surface area contributed by atoms with Crippen LogP contribution in [0.4, 0.5) is 0 Å². The Balaban J connectivity index is 1.73. The molecule has 3 N–H and O–H groups in total. The average molecular weight is 265 g/mol. The van der Waals surface area contributed by atoms with Crippen molar-refractivity contribution in [1.82, 2.24) is 5.32 Å².